The summed E-state index contributed by atoms with van der Waals surface area (Å²) < 4.78 is 39.2. The molecule has 1 aliphatic rings. The van der Waals surface area contributed by atoms with Gasteiger partial charge in [0.2, 0.25) is 5.75 Å². The number of nitrogens with two attached hydrogens (primary N) is 1. The molecule has 1 saturated heterocycles. The third kappa shape index (κ3) is 3.08. The molecule has 0 bridgehead atoms. The van der Waals surface area contributed by atoms with Crippen LogP contribution in [-0.4, -0.2) is 41.3 Å². The van der Waals surface area contributed by atoms with E-state index in [-0.39, 0.29) is 17.4 Å². The van der Waals surface area contributed by atoms with Crippen molar-refractivity contribution in [3.8, 4) is 17.2 Å². The second kappa shape index (κ2) is 6.11. The van der Waals surface area contributed by atoms with Crippen LogP contribution in [0.1, 0.15) is 18.0 Å². The number of hydrogen-bond acceptors (Lipinski definition) is 6. The minimum Gasteiger partial charge on any atom is -0.493 e. The lowest BCUT2D eigenvalue weighted by Gasteiger charge is -2.23. The smallest absolute Gasteiger partial charge is 0.203 e. The number of benzene rings is 1. The summed E-state index contributed by atoms with van der Waals surface area (Å²) in [7, 11) is 1.62. The number of hydrogen-bond donors (Lipinski definition) is 1. The average molecular weight is 315 g/mol. The first-order chi connectivity index (χ1) is 9.93. The van der Waals surface area contributed by atoms with Gasteiger partial charge in [-0.15, -0.1) is 0 Å². The van der Waals surface area contributed by atoms with E-state index in [1.807, 2.05) is 0 Å². The number of rotatable bonds is 5. The second-order valence-electron chi connectivity index (χ2n) is 5.11. The molecular formula is C14H21NO5S. The van der Waals surface area contributed by atoms with Crippen molar-refractivity contribution in [2.24, 2.45) is 11.7 Å². The van der Waals surface area contributed by atoms with Gasteiger partial charge in [-0.05, 0) is 24.5 Å². The molecule has 118 valence electrons. The fraction of sp³-hybridized carbons (Fsp3) is 0.571. The van der Waals surface area contributed by atoms with Crippen LogP contribution in [0.15, 0.2) is 12.1 Å². The Morgan fingerprint density at radius 3 is 2.29 bits per heavy atom. The summed E-state index contributed by atoms with van der Waals surface area (Å²) in [6.07, 6.45) is 0.570. The first kappa shape index (κ1) is 15.9. The van der Waals surface area contributed by atoms with Crippen LogP contribution in [0.3, 0.4) is 0 Å². The van der Waals surface area contributed by atoms with Crippen molar-refractivity contribution in [3.05, 3.63) is 17.7 Å². The maximum absolute atomic E-state index is 11.6. The fourth-order valence-electron chi connectivity index (χ4n) is 2.75. The van der Waals surface area contributed by atoms with E-state index in [1.54, 1.807) is 19.2 Å². The highest BCUT2D eigenvalue weighted by Crippen LogP contribution is 2.44. The normalized spacial score (nSPS) is 21.8. The largest absolute Gasteiger partial charge is 0.493 e. The van der Waals surface area contributed by atoms with Crippen LogP contribution in [0.5, 0.6) is 17.2 Å². The van der Waals surface area contributed by atoms with Gasteiger partial charge in [-0.1, -0.05) is 0 Å². The van der Waals surface area contributed by atoms with Gasteiger partial charge < -0.3 is 19.9 Å². The Hall–Kier alpha value is -1.47. The zero-order valence-electron chi connectivity index (χ0n) is 12.5. The maximum Gasteiger partial charge on any atom is 0.203 e. The Bertz CT molecular complexity index is 614. The molecule has 1 aromatic rings. The molecular weight excluding hydrogens is 294 g/mol. The molecule has 2 rings (SSSR count). The van der Waals surface area contributed by atoms with Gasteiger partial charge in [-0.3, -0.25) is 0 Å². The minimum atomic E-state index is -2.97. The van der Waals surface area contributed by atoms with Crippen LogP contribution >= 0.6 is 0 Å². The van der Waals surface area contributed by atoms with Crippen molar-refractivity contribution < 1.29 is 22.6 Å². The Morgan fingerprint density at radius 2 is 1.81 bits per heavy atom. The summed E-state index contributed by atoms with van der Waals surface area (Å²) in [6, 6.07) is 3.13. The van der Waals surface area contributed by atoms with Gasteiger partial charge in [0, 0.05) is 11.6 Å². The fourth-order valence-corrected chi connectivity index (χ4v) is 4.60. The summed E-state index contributed by atoms with van der Waals surface area (Å²) in [4.78, 5) is 0. The van der Waals surface area contributed by atoms with E-state index < -0.39 is 15.9 Å². The van der Waals surface area contributed by atoms with Gasteiger partial charge in [-0.25, -0.2) is 8.42 Å². The van der Waals surface area contributed by atoms with Crippen LogP contribution in [0.2, 0.25) is 0 Å². The molecule has 7 heteroatoms. The van der Waals surface area contributed by atoms with E-state index in [0.717, 1.165) is 5.56 Å². The van der Waals surface area contributed by atoms with Crippen molar-refractivity contribution in [2.75, 3.05) is 32.8 Å². The van der Waals surface area contributed by atoms with Gasteiger partial charge in [-0.2, -0.15) is 0 Å². The molecule has 1 heterocycles. The molecule has 0 radical (unpaired) electrons. The van der Waals surface area contributed by atoms with E-state index in [1.165, 1.54) is 14.2 Å². The van der Waals surface area contributed by atoms with Crippen LogP contribution in [0.4, 0.5) is 0 Å². The van der Waals surface area contributed by atoms with Gasteiger partial charge in [0.25, 0.3) is 0 Å². The lowest BCUT2D eigenvalue weighted by atomic mass is 9.92. The summed E-state index contributed by atoms with van der Waals surface area (Å²) >= 11 is 0. The number of ether oxygens (including phenoxy) is 3. The summed E-state index contributed by atoms with van der Waals surface area (Å²) in [5, 5.41) is 0. The third-order valence-corrected chi connectivity index (χ3v) is 5.66. The highest BCUT2D eigenvalue weighted by Gasteiger charge is 2.34. The second-order valence-corrected chi connectivity index (χ2v) is 7.34. The van der Waals surface area contributed by atoms with Crippen molar-refractivity contribution in [3.63, 3.8) is 0 Å². The Balaban J connectivity index is 2.39. The maximum atomic E-state index is 11.6. The molecule has 2 unspecified atom stereocenters. The molecule has 0 saturated carbocycles. The quantitative estimate of drug-likeness (QED) is 0.877. The van der Waals surface area contributed by atoms with Crippen LogP contribution in [0.25, 0.3) is 0 Å². The SMILES string of the molecule is COc1ccc(C(N)C2CCS(=O)(=O)C2)c(OC)c1OC. The van der Waals surface area contributed by atoms with E-state index in [2.05, 4.69) is 0 Å². The number of methoxy groups -OCH3 is 3. The molecule has 21 heavy (non-hydrogen) atoms. The molecule has 2 atom stereocenters. The lowest BCUT2D eigenvalue weighted by molar-refractivity contribution is 0.318. The van der Waals surface area contributed by atoms with E-state index in [9.17, 15) is 8.42 Å². The van der Waals surface area contributed by atoms with Crippen molar-refractivity contribution >= 4 is 9.84 Å². The molecule has 0 aromatic heterocycles. The summed E-state index contributed by atoms with van der Waals surface area (Å²) in [5.74, 6) is 1.71. The van der Waals surface area contributed by atoms with Crippen molar-refractivity contribution in [2.45, 2.75) is 12.5 Å². The zero-order chi connectivity index (χ0) is 15.6. The van der Waals surface area contributed by atoms with E-state index in [0.29, 0.717) is 23.7 Å². The Morgan fingerprint density at radius 1 is 1.14 bits per heavy atom. The van der Waals surface area contributed by atoms with Crippen LogP contribution in [0, 0.1) is 5.92 Å². The zero-order valence-corrected chi connectivity index (χ0v) is 13.3. The standard InChI is InChI=1S/C14H21NO5S/c1-18-11-5-4-10(13(19-2)14(11)20-3)12(15)9-6-7-21(16,17)8-9/h4-5,9,12H,6-8,15H2,1-3H3. The summed E-state index contributed by atoms with van der Waals surface area (Å²) in [5.41, 5.74) is 7.01. The first-order valence-electron chi connectivity index (χ1n) is 6.68. The minimum absolute atomic E-state index is 0.109. The average Bonchev–Trinajstić information content (AvgIpc) is 2.84. The summed E-state index contributed by atoms with van der Waals surface area (Å²) in [6.45, 7) is 0. The molecule has 1 fully saturated rings. The molecule has 0 spiro atoms. The molecule has 1 aliphatic heterocycles. The molecule has 0 amide bonds. The third-order valence-electron chi connectivity index (χ3n) is 3.87. The predicted octanol–water partition coefficient (Wildman–Crippen LogP) is 1.15. The van der Waals surface area contributed by atoms with Crippen molar-refractivity contribution in [1.29, 1.82) is 0 Å². The van der Waals surface area contributed by atoms with Crippen molar-refractivity contribution in [1.82, 2.24) is 0 Å². The molecule has 6 nitrogen and oxygen atoms in total. The van der Waals surface area contributed by atoms with E-state index in [4.69, 9.17) is 19.9 Å². The van der Waals surface area contributed by atoms with Gasteiger partial charge in [0.15, 0.2) is 21.3 Å². The van der Waals surface area contributed by atoms with Crippen LogP contribution < -0.4 is 19.9 Å². The Labute approximate surface area is 125 Å². The molecule has 2 N–H and O–H groups in total. The van der Waals surface area contributed by atoms with Gasteiger partial charge in [0.1, 0.15) is 0 Å². The molecule has 0 aliphatic carbocycles. The van der Waals surface area contributed by atoms with Crippen LogP contribution in [-0.2, 0) is 9.84 Å². The lowest BCUT2D eigenvalue weighted by Crippen LogP contribution is -2.23. The topological polar surface area (TPSA) is 87.9 Å². The molecule has 1 aromatic carbocycles. The highest BCUT2D eigenvalue weighted by atomic mass is 32.2. The predicted molar refractivity (Wildman–Crippen MR) is 79.8 cm³/mol. The highest BCUT2D eigenvalue weighted by molar-refractivity contribution is 7.91. The monoisotopic (exact) mass is 315 g/mol. The Kier molecular flexibility index (Phi) is 4.63. The number of sulfone groups is 1. The van der Waals surface area contributed by atoms with Gasteiger partial charge >= 0.3 is 0 Å². The van der Waals surface area contributed by atoms with Gasteiger partial charge in [0.05, 0.1) is 32.8 Å². The van der Waals surface area contributed by atoms with E-state index >= 15 is 0 Å². The first-order valence-corrected chi connectivity index (χ1v) is 8.50.